The van der Waals surface area contributed by atoms with Crippen molar-refractivity contribution in [3.05, 3.63) is 208 Å². The number of fused-ring (bicyclic) bond motifs is 3. The number of ether oxygens (including phenoxy) is 1. The number of nitrogens with zero attached hydrogens (tertiary/aromatic N) is 3. The van der Waals surface area contributed by atoms with E-state index in [1.165, 1.54) is 12.1 Å². The minimum absolute atomic E-state index is 0.0373. The van der Waals surface area contributed by atoms with Crippen LogP contribution in [0.4, 0.5) is 17.1 Å². The number of non-ortho nitro benzene ring substituents is 1. The maximum atomic E-state index is 15.6. The normalized spacial score (nSPS) is 18.3. The van der Waals surface area contributed by atoms with Crippen LogP contribution in [0.3, 0.4) is 0 Å². The van der Waals surface area contributed by atoms with Crippen LogP contribution in [0.15, 0.2) is 170 Å². The lowest BCUT2D eigenvalue weighted by Crippen LogP contribution is -2.55. The van der Waals surface area contributed by atoms with E-state index >= 15 is 4.79 Å². The highest BCUT2D eigenvalue weighted by molar-refractivity contribution is 6.33. The van der Waals surface area contributed by atoms with Gasteiger partial charge in [0.15, 0.2) is 0 Å². The van der Waals surface area contributed by atoms with Crippen LogP contribution in [-0.2, 0) is 15.3 Å². The van der Waals surface area contributed by atoms with E-state index in [1.54, 1.807) is 40.1 Å². The monoisotopic (exact) mass is 669 g/mol. The second-order valence-corrected chi connectivity index (χ2v) is 12.4. The SMILES string of the molecule is O=C(c1ccccc1)N1c2ccccc2N2C(=O)C(c3ccccc3)=C(c3ccccc3)O[C@]2(c2cccc([N+](=O)[O-])c2)C[C@H]1c1ccccc1. The zero-order chi connectivity index (χ0) is 35.0. The minimum Gasteiger partial charge on any atom is -0.462 e. The quantitative estimate of drug-likeness (QED) is 0.130. The van der Waals surface area contributed by atoms with Gasteiger partial charge < -0.3 is 4.74 Å². The number of nitro benzene ring substituents is 1. The number of hydrogen-bond acceptors (Lipinski definition) is 5. The number of amides is 2. The van der Waals surface area contributed by atoms with E-state index in [1.807, 2.05) is 127 Å². The van der Waals surface area contributed by atoms with Crippen LogP contribution in [0.2, 0.25) is 0 Å². The van der Waals surface area contributed by atoms with Crippen molar-refractivity contribution in [2.45, 2.75) is 18.2 Å². The molecular weight excluding hydrogens is 638 g/mol. The topological polar surface area (TPSA) is 93.0 Å². The summed E-state index contributed by atoms with van der Waals surface area (Å²) >= 11 is 0. The molecule has 2 atom stereocenters. The smallest absolute Gasteiger partial charge is 0.269 e. The van der Waals surface area contributed by atoms with Gasteiger partial charge in [-0.15, -0.1) is 0 Å². The molecule has 2 aliphatic rings. The predicted octanol–water partition coefficient (Wildman–Crippen LogP) is 9.17. The first-order valence-corrected chi connectivity index (χ1v) is 16.6. The third kappa shape index (κ3) is 5.43. The summed E-state index contributed by atoms with van der Waals surface area (Å²) < 4.78 is 7.37. The van der Waals surface area contributed by atoms with Crippen LogP contribution in [-0.4, -0.2) is 16.7 Å². The molecule has 8 nitrogen and oxygen atoms in total. The largest absolute Gasteiger partial charge is 0.462 e. The zero-order valence-electron chi connectivity index (χ0n) is 27.3. The lowest BCUT2D eigenvalue weighted by atomic mass is 9.86. The van der Waals surface area contributed by atoms with Gasteiger partial charge in [-0.05, 0) is 35.4 Å². The van der Waals surface area contributed by atoms with Crippen molar-refractivity contribution in [2.75, 3.05) is 9.80 Å². The molecule has 0 N–H and O–H groups in total. The van der Waals surface area contributed by atoms with E-state index in [0.717, 1.165) is 5.56 Å². The Balaban J connectivity index is 1.48. The van der Waals surface area contributed by atoms with Crippen molar-refractivity contribution < 1.29 is 19.2 Å². The summed E-state index contributed by atoms with van der Waals surface area (Å²) in [6.45, 7) is 0. The van der Waals surface area contributed by atoms with Crippen LogP contribution in [0.1, 0.15) is 45.1 Å². The Hall–Kier alpha value is -6.80. The van der Waals surface area contributed by atoms with Gasteiger partial charge in [0.25, 0.3) is 17.5 Å². The number of rotatable bonds is 6. The van der Waals surface area contributed by atoms with Gasteiger partial charge >= 0.3 is 0 Å². The van der Waals surface area contributed by atoms with E-state index in [0.29, 0.717) is 45.0 Å². The molecule has 0 saturated heterocycles. The number of carbonyl (C=O) groups excluding carboxylic acids is 2. The third-order valence-electron chi connectivity index (χ3n) is 9.47. The summed E-state index contributed by atoms with van der Waals surface area (Å²) in [4.78, 5) is 45.6. The summed E-state index contributed by atoms with van der Waals surface area (Å²) in [7, 11) is 0. The summed E-state index contributed by atoms with van der Waals surface area (Å²) in [5.41, 5.74) is 2.44. The summed E-state index contributed by atoms with van der Waals surface area (Å²) in [5, 5.41) is 12.3. The lowest BCUT2D eigenvalue weighted by Gasteiger charge is -2.48. The molecule has 2 amide bonds. The highest BCUT2D eigenvalue weighted by Crippen LogP contribution is 2.56. The molecule has 0 aromatic heterocycles. The molecule has 2 heterocycles. The van der Waals surface area contributed by atoms with Crippen LogP contribution < -0.4 is 9.80 Å². The average Bonchev–Trinajstić information content (AvgIpc) is 3.32. The molecule has 6 aromatic rings. The Labute approximate surface area is 294 Å². The highest BCUT2D eigenvalue weighted by Gasteiger charge is 2.56. The Morgan fingerprint density at radius 3 is 1.90 bits per heavy atom. The summed E-state index contributed by atoms with van der Waals surface area (Å²) in [6.07, 6.45) is 0.0373. The second-order valence-electron chi connectivity index (χ2n) is 12.4. The van der Waals surface area contributed by atoms with Crippen molar-refractivity contribution in [1.29, 1.82) is 0 Å². The molecule has 8 rings (SSSR count). The molecular formula is C43H31N3O5. The van der Waals surface area contributed by atoms with Crippen molar-refractivity contribution in [3.8, 4) is 0 Å². The van der Waals surface area contributed by atoms with Gasteiger partial charge in [0, 0.05) is 35.2 Å². The molecule has 0 aliphatic carbocycles. The minimum atomic E-state index is -1.66. The Kier molecular flexibility index (Phi) is 7.96. The first kappa shape index (κ1) is 31.5. The summed E-state index contributed by atoms with van der Waals surface area (Å²) in [6, 6.07) is 50.2. The van der Waals surface area contributed by atoms with Crippen molar-refractivity contribution in [3.63, 3.8) is 0 Å². The first-order chi connectivity index (χ1) is 25.0. The Morgan fingerprint density at radius 1 is 0.686 bits per heavy atom. The molecule has 248 valence electrons. The zero-order valence-corrected chi connectivity index (χ0v) is 27.3. The van der Waals surface area contributed by atoms with Crippen molar-refractivity contribution in [2.24, 2.45) is 0 Å². The molecule has 0 unspecified atom stereocenters. The number of carbonyl (C=O) groups is 2. The van der Waals surface area contributed by atoms with E-state index in [-0.39, 0.29) is 23.9 Å². The number of nitro groups is 1. The van der Waals surface area contributed by atoms with Crippen molar-refractivity contribution >= 4 is 40.2 Å². The molecule has 0 spiro atoms. The van der Waals surface area contributed by atoms with Gasteiger partial charge in [0.1, 0.15) is 5.76 Å². The summed E-state index contributed by atoms with van der Waals surface area (Å²) in [5.74, 6) is -0.300. The van der Waals surface area contributed by atoms with Crippen LogP contribution in [0.5, 0.6) is 0 Å². The van der Waals surface area contributed by atoms with Crippen LogP contribution in [0, 0.1) is 10.1 Å². The fourth-order valence-corrected chi connectivity index (χ4v) is 7.19. The molecule has 0 radical (unpaired) electrons. The van der Waals surface area contributed by atoms with Crippen LogP contribution in [0.25, 0.3) is 11.3 Å². The Morgan fingerprint density at radius 2 is 1.25 bits per heavy atom. The van der Waals surface area contributed by atoms with Gasteiger partial charge in [-0.3, -0.25) is 29.5 Å². The molecule has 2 aliphatic heterocycles. The second kappa shape index (κ2) is 12.9. The molecule has 0 bridgehead atoms. The average molecular weight is 670 g/mol. The maximum Gasteiger partial charge on any atom is 0.269 e. The molecule has 51 heavy (non-hydrogen) atoms. The first-order valence-electron chi connectivity index (χ1n) is 16.6. The van der Waals surface area contributed by atoms with Gasteiger partial charge in [0.2, 0.25) is 5.72 Å². The van der Waals surface area contributed by atoms with E-state index in [2.05, 4.69) is 0 Å². The van der Waals surface area contributed by atoms with E-state index < -0.39 is 16.7 Å². The third-order valence-corrected chi connectivity index (χ3v) is 9.47. The van der Waals surface area contributed by atoms with E-state index in [4.69, 9.17) is 4.74 Å². The number of anilines is 2. The van der Waals surface area contributed by atoms with Crippen LogP contribution >= 0.6 is 0 Å². The number of para-hydroxylation sites is 2. The maximum absolute atomic E-state index is 15.6. The number of benzene rings is 6. The highest BCUT2D eigenvalue weighted by atomic mass is 16.6. The van der Waals surface area contributed by atoms with Gasteiger partial charge in [-0.25, -0.2) is 0 Å². The molecule has 6 aromatic carbocycles. The Bertz CT molecular complexity index is 2290. The lowest BCUT2D eigenvalue weighted by molar-refractivity contribution is -0.385. The van der Waals surface area contributed by atoms with Gasteiger partial charge in [-0.1, -0.05) is 133 Å². The standard InChI is InChI=1S/C43H31N3O5/c47-41(33-22-11-4-12-23-33)44-36-26-13-14-27-37(36)45-42(48)39(31-18-7-2-8-19-31)40(32-20-9-3-10-21-32)51-43(45,29-38(44)30-16-5-1-6-17-30)34-24-15-25-35(28-34)46(49)50/h1-28,38H,29H2/t38-,43-/m0/s1. The van der Waals surface area contributed by atoms with Crippen molar-refractivity contribution in [1.82, 2.24) is 0 Å². The molecule has 8 heteroatoms. The predicted molar refractivity (Wildman–Crippen MR) is 197 cm³/mol. The van der Waals surface area contributed by atoms with Gasteiger partial charge in [-0.2, -0.15) is 0 Å². The molecule has 0 fully saturated rings. The van der Waals surface area contributed by atoms with Gasteiger partial charge in [0.05, 0.1) is 27.9 Å². The fourth-order valence-electron chi connectivity index (χ4n) is 7.19. The molecule has 0 saturated carbocycles. The van der Waals surface area contributed by atoms with E-state index in [9.17, 15) is 14.9 Å². The fraction of sp³-hybridized carbons (Fsp3) is 0.0698. The number of hydrogen-bond donors (Lipinski definition) is 0.